The summed E-state index contributed by atoms with van der Waals surface area (Å²) in [5.41, 5.74) is 13.1. The second-order valence-corrected chi connectivity index (χ2v) is 10.7. The lowest BCUT2D eigenvalue weighted by molar-refractivity contribution is -0.904. The standard InChI is InChI=1S/C30H40N4O7/c1-20-7-6-18-34(20,30(39)40)28(25(35)16-12-21-8-4-3-5-9-21)33(29(38)24(31)19-26(32)36)27(37)17-13-22-10-14-23(41-2)15-11-22/h3-5,8-11,14-15,20,24-25,28,35H,6-7,12-13,16-19,31H2,1-2H3,(H2-,32,36,39,40)/p+1/t20?,24-,25+,28?,34?/m0/s1. The van der Waals surface area contributed by atoms with Gasteiger partial charge in [0.25, 0.3) is 5.91 Å². The number of likely N-dealkylation sites (tertiary alicyclic amines) is 1. The summed E-state index contributed by atoms with van der Waals surface area (Å²) in [4.78, 5) is 53.2. The zero-order chi connectivity index (χ0) is 30.2. The van der Waals surface area contributed by atoms with Crippen molar-refractivity contribution in [1.82, 2.24) is 4.90 Å². The SMILES string of the molecule is COc1ccc(CCC(=O)N(C(=O)[C@@H](N)CC(N)=O)C([C@H](O)CCc2ccccc2)[N+]2(C(=O)O)CCCC2C)cc1. The van der Waals surface area contributed by atoms with E-state index in [4.69, 9.17) is 16.2 Å². The lowest BCUT2D eigenvalue weighted by Crippen LogP contribution is -2.73. The Morgan fingerprint density at radius 3 is 2.22 bits per heavy atom. The topological polar surface area (TPSA) is 173 Å². The van der Waals surface area contributed by atoms with Gasteiger partial charge in [-0.2, -0.15) is 9.28 Å². The predicted octanol–water partition coefficient (Wildman–Crippen LogP) is 2.18. The Labute approximate surface area is 240 Å². The molecule has 0 bridgehead atoms. The summed E-state index contributed by atoms with van der Waals surface area (Å²) in [6, 6.07) is 14.4. The summed E-state index contributed by atoms with van der Waals surface area (Å²) in [6.07, 6.45) is -2.99. The number of hydrogen-bond donors (Lipinski definition) is 4. The fourth-order valence-electron chi connectivity index (χ4n) is 5.73. The van der Waals surface area contributed by atoms with Crippen LogP contribution in [0.25, 0.3) is 0 Å². The van der Waals surface area contributed by atoms with Crippen molar-refractivity contribution in [2.24, 2.45) is 11.5 Å². The largest absolute Gasteiger partial charge is 0.515 e. The molecule has 4 amide bonds. The molecule has 3 rings (SSSR count). The molecule has 41 heavy (non-hydrogen) atoms. The van der Waals surface area contributed by atoms with E-state index in [-0.39, 0.29) is 25.8 Å². The molecular weight excluding hydrogens is 528 g/mol. The van der Waals surface area contributed by atoms with Gasteiger partial charge in [0, 0.05) is 19.3 Å². The maximum Gasteiger partial charge on any atom is 0.515 e. The number of nitrogens with zero attached hydrogens (tertiary/aromatic N) is 2. The van der Waals surface area contributed by atoms with Gasteiger partial charge in [0.1, 0.15) is 11.9 Å². The van der Waals surface area contributed by atoms with Crippen LogP contribution < -0.4 is 16.2 Å². The molecule has 0 spiro atoms. The molecule has 3 unspecified atom stereocenters. The molecular formula is C30H41N4O7+. The zero-order valence-electron chi connectivity index (χ0n) is 23.6. The predicted molar refractivity (Wildman–Crippen MR) is 151 cm³/mol. The smallest absolute Gasteiger partial charge is 0.497 e. The van der Waals surface area contributed by atoms with Gasteiger partial charge in [0.15, 0.2) is 0 Å². The summed E-state index contributed by atoms with van der Waals surface area (Å²) in [5.74, 6) is -1.82. The molecule has 1 aliphatic rings. The minimum Gasteiger partial charge on any atom is -0.497 e. The van der Waals surface area contributed by atoms with E-state index < -0.39 is 59.1 Å². The van der Waals surface area contributed by atoms with Crippen molar-refractivity contribution in [2.75, 3.05) is 13.7 Å². The van der Waals surface area contributed by atoms with Crippen molar-refractivity contribution in [1.29, 1.82) is 0 Å². The number of carbonyl (C=O) groups excluding carboxylic acids is 3. The van der Waals surface area contributed by atoms with Crippen molar-refractivity contribution in [3.05, 3.63) is 65.7 Å². The van der Waals surface area contributed by atoms with Crippen molar-refractivity contribution in [2.45, 2.75) is 76.2 Å². The lowest BCUT2D eigenvalue weighted by Gasteiger charge is -2.46. The van der Waals surface area contributed by atoms with Crippen molar-refractivity contribution < 1.29 is 38.6 Å². The summed E-state index contributed by atoms with van der Waals surface area (Å²) in [6.45, 7) is 1.86. The number of aliphatic hydroxyl groups is 1. The average molecular weight is 570 g/mol. The Kier molecular flexibility index (Phi) is 11.0. The second-order valence-electron chi connectivity index (χ2n) is 10.7. The first-order valence-electron chi connectivity index (χ1n) is 13.9. The van der Waals surface area contributed by atoms with E-state index in [0.717, 1.165) is 16.0 Å². The minimum absolute atomic E-state index is 0.0925. The highest BCUT2D eigenvalue weighted by atomic mass is 16.5. The van der Waals surface area contributed by atoms with Crippen LogP contribution in [-0.2, 0) is 27.2 Å². The third-order valence-corrected chi connectivity index (χ3v) is 7.98. The van der Waals surface area contributed by atoms with E-state index >= 15 is 0 Å². The third kappa shape index (κ3) is 7.49. The second kappa shape index (κ2) is 14.2. The molecule has 0 aliphatic carbocycles. The number of hydrogen-bond acceptors (Lipinski definition) is 7. The first-order chi connectivity index (χ1) is 19.5. The van der Waals surface area contributed by atoms with Crippen LogP contribution in [0.5, 0.6) is 5.75 Å². The summed E-state index contributed by atoms with van der Waals surface area (Å²) < 4.78 is 4.48. The molecule has 11 nitrogen and oxygen atoms in total. The average Bonchev–Trinajstić information content (AvgIpc) is 3.35. The van der Waals surface area contributed by atoms with Crippen molar-refractivity contribution in [3.8, 4) is 5.75 Å². The van der Waals surface area contributed by atoms with Gasteiger partial charge in [-0.05, 0) is 49.4 Å². The lowest BCUT2D eigenvalue weighted by atomic mass is 10.00. The number of nitrogens with two attached hydrogens (primary N) is 2. The number of rotatable bonds is 13. The number of carboxylic acid groups (broad SMARTS) is 1. The summed E-state index contributed by atoms with van der Waals surface area (Å²) >= 11 is 0. The van der Waals surface area contributed by atoms with E-state index in [1.807, 2.05) is 30.3 Å². The van der Waals surface area contributed by atoms with Crippen molar-refractivity contribution >= 4 is 23.8 Å². The molecule has 11 heteroatoms. The molecule has 1 fully saturated rings. The summed E-state index contributed by atoms with van der Waals surface area (Å²) in [5, 5.41) is 22.3. The number of carbonyl (C=O) groups is 4. The number of aliphatic hydroxyl groups excluding tert-OH is 1. The van der Waals surface area contributed by atoms with Crippen LogP contribution in [0, 0.1) is 0 Å². The van der Waals surface area contributed by atoms with Gasteiger partial charge in [-0.15, -0.1) is 0 Å². The first-order valence-corrected chi connectivity index (χ1v) is 13.9. The van der Waals surface area contributed by atoms with E-state index in [2.05, 4.69) is 0 Å². The van der Waals surface area contributed by atoms with Crippen LogP contribution in [0.15, 0.2) is 54.6 Å². The van der Waals surface area contributed by atoms with Crippen LogP contribution >= 0.6 is 0 Å². The van der Waals surface area contributed by atoms with Gasteiger partial charge in [-0.1, -0.05) is 42.5 Å². The van der Waals surface area contributed by atoms with Crippen LogP contribution in [-0.4, -0.2) is 81.4 Å². The quantitative estimate of drug-likeness (QED) is 0.266. The van der Waals surface area contributed by atoms with Crippen LogP contribution in [0.1, 0.15) is 50.2 Å². The van der Waals surface area contributed by atoms with Gasteiger partial charge in [0.2, 0.25) is 18.0 Å². The Morgan fingerprint density at radius 1 is 1.05 bits per heavy atom. The Bertz CT molecular complexity index is 1210. The molecule has 2 aromatic carbocycles. The fourth-order valence-corrected chi connectivity index (χ4v) is 5.73. The highest BCUT2D eigenvalue weighted by molar-refractivity contribution is 5.99. The van der Waals surface area contributed by atoms with E-state index in [9.17, 15) is 29.4 Å². The maximum atomic E-state index is 13.9. The number of methoxy groups -OCH3 is 1. The maximum absolute atomic E-state index is 13.9. The molecule has 5 atom stereocenters. The molecule has 2 aromatic rings. The number of primary amides is 1. The van der Waals surface area contributed by atoms with Gasteiger partial charge in [-0.25, -0.2) is 4.90 Å². The Morgan fingerprint density at radius 2 is 1.68 bits per heavy atom. The monoisotopic (exact) mass is 569 g/mol. The number of imide groups is 1. The van der Waals surface area contributed by atoms with E-state index in [0.29, 0.717) is 25.0 Å². The molecule has 6 N–H and O–H groups in total. The molecule has 0 saturated carbocycles. The summed E-state index contributed by atoms with van der Waals surface area (Å²) in [7, 11) is 1.54. The number of quaternary nitrogens is 1. The highest BCUT2D eigenvalue weighted by Crippen LogP contribution is 2.36. The third-order valence-electron chi connectivity index (χ3n) is 7.98. The van der Waals surface area contributed by atoms with Gasteiger partial charge in [-0.3, -0.25) is 14.4 Å². The highest BCUT2D eigenvalue weighted by Gasteiger charge is 2.59. The molecule has 222 valence electrons. The molecule has 1 heterocycles. The van der Waals surface area contributed by atoms with Crippen molar-refractivity contribution in [3.63, 3.8) is 0 Å². The first kappa shape index (κ1) is 31.7. The van der Waals surface area contributed by atoms with Crippen LogP contribution in [0.3, 0.4) is 0 Å². The normalized spacial score (nSPS) is 20.5. The van der Waals surface area contributed by atoms with Gasteiger partial charge < -0.3 is 26.4 Å². The van der Waals surface area contributed by atoms with Gasteiger partial charge >= 0.3 is 6.09 Å². The van der Waals surface area contributed by atoms with Gasteiger partial charge in [0.05, 0.1) is 32.2 Å². The Balaban J connectivity index is 2.03. The van der Waals surface area contributed by atoms with E-state index in [1.165, 1.54) is 0 Å². The Hall–Kier alpha value is -3.80. The van der Waals surface area contributed by atoms with E-state index in [1.54, 1.807) is 38.3 Å². The number of aryl methyl sites for hydroxylation is 2. The zero-order valence-corrected chi connectivity index (χ0v) is 23.6. The van der Waals surface area contributed by atoms with Crippen LogP contribution in [0.2, 0.25) is 0 Å². The number of amides is 4. The number of benzene rings is 2. The number of ether oxygens (including phenoxy) is 1. The van der Waals surface area contributed by atoms with Crippen LogP contribution in [0.4, 0.5) is 4.79 Å². The fraction of sp³-hybridized carbons (Fsp3) is 0.467. The molecule has 0 radical (unpaired) electrons. The molecule has 1 aliphatic heterocycles. The molecule has 0 aromatic heterocycles. The minimum atomic E-state index is -1.48. The molecule has 1 saturated heterocycles.